The van der Waals surface area contributed by atoms with Crippen molar-refractivity contribution >= 4 is 16.9 Å². The lowest BCUT2D eigenvalue weighted by molar-refractivity contribution is -0.123. The summed E-state index contributed by atoms with van der Waals surface area (Å²) in [6, 6.07) is 17.7. The SMILES string of the molecule is C[C@@H](NC(=O)COc1ccc2ccc(=O)oc2c1)c1ccccc1. The second-order valence-electron chi connectivity index (χ2n) is 5.44. The van der Waals surface area contributed by atoms with Crippen molar-refractivity contribution in [2.24, 2.45) is 0 Å². The van der Waals surface area contributed by atoms with Gasteiger partial charge in [0.1, 0.15) is 11.3 Å². The quantitative estimate of drug-likeness (QED) is 0.733. The number of hydrogen-bond acceptors (Lipinski definition) is 4. The lowest BCUT2D eigenvalue weighted by Gasteiger charge is -2.14. The number of ether oxygens (including phenoxy) is 1. The van der Waals surface area contributed by atoms with Gasteiger partial charge in [0.05, 0.1) is 6.04 Å². The number of carbonyl (C=O) groups is 1. The Labute approximate surface area is 138 Å². The molecule has 3 aromatic rings. The molecule has 1 N–H and O–H groups in total. The molecule has 0 aliphatic carbocycles. The highest BCUT2D eigenvalue weighted by Gasteiger charge is 2.10. The Hall–Kier alpha value is -3.08. The Morgan fingerprint density at radius 3 is 2.67 bits per heavy atom. The molecule has 2 aromatic carbocycles. The highest BCUT2D eigenvalue weighted by atomic mass is 16.5. The summed E-state index contributed by atoms with van der Waals surface area (Å²) in [4.78, 5) is 23.3. The van der Waals surface area contributed by atoms with Crippen molar-refractivity contribution in [2.45, 2.75) is 13.0 Å². The standard InChI is InChI=1S/C19H17NO4/c1-13(14-5-3-2-4-6-14)20-18(21)12-23-16-9-7-15-8-10-19(22)24-17(15)11-16/h2-11,13H,12H2,1H3,(H,20,21)/t13-/m1/s1. The van der Waals surface area contributed by atoms with Gasteiger partial charge in [0.2, 0.25) is 0 Å². The van der Waals surface area contributed by atoms with E-state index < -0.39 is 5.63 Å². The third-order valence-corrected chi connectivity index (χ3v) is 3.64. The molecule has 0 aliphatic heterocycles. The summed E-state index contributed by atoms with van der Waals surface area (Å²) < 4.78 is 10.6. The van der Waals surface area contributed by atoms with Gasteiger partial charge in [0, 0.05) is 17.5 Å². The first-order valence-electron chi connectivity index (χ1n) is 7.63. The average Bonchev–Trinajstić information content (AvgIpc) is 2.60. The van der Waals surface area contributed by atoms with E-state index in [1.165, 1.54) is 6.07 Å². The van der Waals surface area contributed by atoms with Gasteiger partial charge in [-0.15, -0.1) is 0 Å². The van der Waals surface area contributed by atoms with Gasteiger partial charge >= 0.3 is 5.63 Å². The first-order valence-corrected chi connectivity index (χ1v) is 7.63. The van der Waals surface area contributed by atoms with Crippen LogP contribution in [0.3, 0.4) is 0 Å². The second-order valence-corrected chi connectivity index (χ2v) is 5.44. The van der Waals surface area contributed by atoms with E-state index in [1.54, 1.807) is 24.3 Å². The minimum atomic E-state index is -0.422. The summed E-state index contributed by atoms with van der Waals surface area (Å²) in [5.74, 6) is 0.250. The van der Waals surface area contributed by atoms with E-state index in [-0.39, 0.29) is 18.6 Å². The van der Waals surface area contributed by atoms with Crippen molar-refractivity contribution in [3.8, 4) is 5.75 Å². The van der Waals surface area contributed by atoms with Crippen molar-refractivity contribution in [3.63, 3.8) is 0 Å². The van der Waals surface area contributed by atoms with E-state index in [4.69, 9.17) is 9.15 Å². The summed E-state index contributed by atoms with van der Waals surface area (Å²) >= 11 is 0. The normalized spacial score (nSPS) is 11.9. The van der Waals surface area contributed by atoms with Crippen LogP contribution in [0.2, 0.25) is 0 Å². The van der Waals surface area contributed by atoms with Crippen LogP contribution in [-0.4, -0.2) is 12.5 Å². The van der Waals surface area contributed by atoms with Crippen LogP contribution < -0.4 is 15.7 Å². The number of carbonyl (C=O) groups excluding carboxylic acids is 1. The summed E-state index contributed by atoms with van der Waals surface area (Å²) in [6.45, 7) is 1.80. The van der Waals surface area contributed by atoms with Crippen molar-refractivity contribution in [1.29, 1.82) is 0 Å². The molecule has 1 heterocycles. The van der Waals surface area contributed by atoms with Gasteiger partial charge in [-0.3, -0.25) is 4.79 Å². The van der Waals surface area contributed by atoms with Crippen molar-refractivity contribution < 1.29 is 13.9 Å². The van der Waals surface area contributed by atoms with E-state index in [0.717, 1.165) is 10.9 Å². The fourth-order valence-corrected chi connectivity index (χ4v) is 2.39. The zero-order valence-corrected chi connectivity index (χ0v) is 13.2. The van der Waals surface area contributed by atoms with E-state index >= 15 is 0 Å². The van der Waals surface area contributed by atoms with Crippen molar-refractivity contribution in [3.05, 3.63) is 76.6 Å². The summed E-state index contributed by atoms with van der Waals surface area (Å²) in [7, 11) is 0. The highest BCUT2D eigenvalue weighted by molar-refractivity contribution is 5.79. The molecule has 5 nitrogen and oxygen atoms in total. The van der Waals surface area contributed by atoms with Gasteiger partial charge in [-0.1, -0.05) is 30.3 Å². The van der Waals surface area contributed by atoms with Gasteiger partial charge in [-0.25, -0.2) is 4.79 Å². The zero-order chi connectivity index (χ0) is 16.9. The van der Waals surface area contributed by atoms with Crippen LogP contribution >= 0.6 is 0 Å². The fraction of sp³-hybridized carbons (Fsp3) is 0.158. The molecule has 5 heteroatoms. The van der Waals surface area contributed by atoms with Crippen LogP contribution in [0.1, 0.15) is 18.5 Å². The summed E-state index contributed by atoms with van der Waals surface area (Å²) in [5.41, 5.74) is 1.03. The lowest BCUT2D eigenvalue weighted by Crippen LogP contribution is -2.31. The van der Waals surface area contributed by atoms with Crippen LogP contribution in [0.4, 0.5) is 0 Å². The van der Waals surface area contributed by atoms with Crippen LogP contribution in [0, 0.1) is 0 Å². The van der Waals surface area contributed by atoms with Crippen LogP contribution in [0.15, 0.2) is 69.9 Å². The molecule has 1 aromatic heterocycles. The molecule has 0 saturated carbocycles. The monoisotopic (exact) mass is 323 g/mol. The minimum Gasteiger partial charge on any atom is -0.484 e. The largest absolute Gasteiger partial charge is 0.484 e. The van der Waals surface area contributed by atoms with E-state index in [2.05, 4.69) is 5.32 Å². The fourth-order valence-electron chi connectivity index (χ4n) is 2.39. The van der Waals surface area contributed by atoms with Gasteiger partial charge in [0.25, 0.3) is 5.91 Å². The molecule has 122 valence electrons. The van der Waals surface area contributed by atoms with Gasteiger partial charge in [0.15, 0.2) is 6.61 Å². The van der Waals surface area contributed by atoms with Crippen LogP contribution in [-0.2, 0) is 4.79 Å². The molecule has 0 aliphatic rings. The predicted molar refractivity (Wildman–Crippen MR) is 91.0 cm³/mol. The Morgan fingerprint density at radius 1 is 1.12 bits per heavy atom. The zero-order valence-electron chi connectivity index (χ0n) is 13.2. The molecule has 1 amide bonds. The topological polar surface area (TPSA) is 68.5 Å². The van der Waals surface area contributed by atoms with E-state index in [9.17, 15) is 9.59 Å². The average molecular weight is 323 g/mol. The molecule has 1 atom stereocenters. The molecule has 0 spiro atoms. The number of benzene rings is 2. The summed E-state index contributed by atoms with van der Waals surface area (Å²) in [6.07, 6.45) is 0. The van der Waals surface area contributed by atoms with E-state index in [1.807, 2.05) is 37.3 Å². The van der Waals surface area contributed by atoms with Gasteiger partial charge < -0.3 is 14.5 Å². The number of fused-ring (bicyclic) bond motifs is 1. The Bertz CT molecular complexity index is 902. The summed E-state index contributed by atoms with van der Waals surface area (Å²) in [5, 5.41) is 3.67. The molecule has 0 fully saturated rings. The number of rotatable bonds is 5. The maximum absolute atomic E-state index is 12.0. The Balaban J connectivity index is 1.61. The number of nitrogens with one attached hydrogen (secondary N) is 1. The third-order valence-electron chi connectivity index (χ3n) is 3.64. The molecule has 24 heavy (non-hydrogen) atoms. The number of amides is 1. The Morgan fingerprint density at radius 2 is 1.88 bits per heavy atom. The molecule has 3 rings (SSSR count). The maximum Gasteiger partial charge on any atom is 0.336 e. The number of hydrogen-bond donors (Lipinski definition) is 1. The first-order chi connectivity index (χ1) is 11.6. The minimum absolute atomic E-state index is 0.100. The molecule has 0 radical (unpaired) electrons. The van der Waals surface area contributed by atoms with Crippen LogP contribution in [0.25, 0.3) is 11.0 Å². The van der Waals surface area contributed by atoms with E-state index in [0.29, 0.717) is 11.3 Å². The maximum atomic E-state index is 12.0. The first kappa shape index (κ1) is 15.8. The predicted octanol–water partition coefficient (Wildman–Crippen LogP) is 3.05. The van der Waals surface area contributed by atoms with Crippen molar-refractivity contribution in [2.75, 3.05) is 6.61 Å². The molecule has 0 saturated heterocycles. The molecule has 0 bridgehead atoms. The van der Waals surface area contributed by atoms with Gasteiger partial charge in [-0.05, 0) is 30.7 Å². The van der Waals surface area contributed by atoms with Crippen LogP contribution in [0.5, 0.6) is 5.75 Å². The van der Waals surface area contributed by atoms with Gasteiger partial charge in [-0.2, -0.15) is 0 Å². The lowest BCUT2D eigenvalue weighted by atomic mass is 10.1. The molecular weight excluding hydrogens is 306 g/mol. The second kappa shape index (κ2) is 7.00. The third kappa shape index (κ3) is 3.81. The molecule has 0 unspecified atom stereocenters. The molecular formula is C19H17NO4. The highest BCUT2D eigenvalue weighted by Crippen LogP contribution is 2.19. The smallest absolute Gasteiger partial charge is 0.336 e. The van der Waals surface area contributed by atoms with Crippen molar-refractivity contribution in [1.82, 2.24) is 5.32 Å². The Kier molecular flexibility index (Phi) is 4.61.